The number of benzene rings is 2. The molecule has 0 bridgehead atoms. The van der Waals surface area contributed by atoms with Crippen molar-refractivity contribution >= 4 is 0 Å². The van der Waals surface area contributed by atoms with Gasteiger partial charge in [0, 0.05) is 13.5 Å². The summed E-state index contributed by atoms with van der Waals surface area (Å²) in [7, 11) is 6.21. The van der Waals surface area contributed by atoms with Crippen molar-refractivity contribution in [3.63, 3.8) is 0 Å². The van der Waals surface area contributed by atoms with Crippen LogP contribution in [-0.2, 0) is 11.2 Å². The molecule has 136 valence electrons. The summed E-state index contributed by atoms with van der Waals surface area (Å²) in [6, 6.07) is 11.0. The zero-order valence-corrected chi connectivity index (χ0v) is 14.9. The maximum absolute atomic E-state index is 10.0. The van der Waals surface area contributed by atoms with E-state index in [1.54, 1.807) is 26.4 Å². The molecule has 0 amide bonds. The Morgan fingerprint density at radius 2 is 1.40 bits per heavy atom. The van der Waals surface area contributed by atoms with Crippen LogP contribution in [0.1, 0.15) is 5.56 Å². The third-order valence-corrected chi connectivity index (χ3v) is 3.72. The molecule has 1 N–H and O–H groups in total. The van der Waals surface area contributed by atoms with Gasteiger partial charge in [0.25, 0.3) is 0 Å². The normalized spacial score (nSPS) is 11.7. The molecule has 0 aliphatic heterocycles. The first-order valence-corrected chi connectivity index (χ1v) is 7.85. The van der Waals surface area contributed by atoms with Crippen LogP contribution >= 0.6 is 0 Å². The van der Waals surface area contributed by atoms with Gasteiger partial charge in [0.05, 0.1) is 27.9 Å². The Hall–Kier alpha value is -2.60. The van der Waals surface area contributed by atoms with E-state index in [4.69, 9.17) is 23.7 Å². The molecule has 0 aliphatic carbocycles. The van der Waals surface area contributed by atoms with Crippen LogP contribution in [0.5, 0.6) is 28.7 Å². The number of methoxy groups -OCH3 is 4. The van der Waals surface area contributed by atoms with Gasteiger partial charge in [-0.3, -0.25) is 0 Å². The molecule has 1 unspecified atom stereocenters. The fourth-order valence-electron chi connectivity index (χ4n) is 2.54. The van der Waals surface area contributed by atoms with Crippen molar-refractivity contribution in [3.05, 3.63) is 42.0 Å². The van der Waals surface area contributed by atoms with Crippen molar-refractivity contribution in [1.29, 1.82) is 0 Å². The third-order valence-electron chi connectivity index (χ3n) is 3.72. The van der Waals surface area contributed by atoms with Crippen molar-refractivity contribution in [2.24, 2.45) is 0 Å². The molecular formula is C19H24O6. The molecule has 0 aliphatic rings. The number of aromatic hydroxyl groups is 1. The lowest BCUT2D eigenvalue weighted by Gasteiger charge is -2.21. The first kappa shape index (κ1) is 18.7. The molecule has 6 heteroatoms. The molecule has 0 saturated heterocycles. The van der Waals surface area contributed by atoms with Gasteiger partial charge >= 0.3 is 0 Å². The van der Waals surface area contributed by atoms with Crippen LogP contribution in [0.2, 0.25) is 0 Å². The van der Waals surface area contributed by atoms with Crippen molar-refractivity contribution in [2.45, 2.75) is 12.5 Å². The van der Waals surface area contributed by atoms with Crippen LogP contribution in [0.4, 0.5) is 0 Å². The predicted molar refractivity (Wildman–Crippen MR) is 94.2 cm³/mol. The number of rotatable bonds is 9. The van der Waals surface area contributed by atoms with E-state index < -0.39 is 0 Å². The molecule has 0 aromatic heterocycles. The highest BCUT2D eigenvalue weighted by atomic mass is 16.5. The maximum atomic E-state index is 10.0. The summed E-state index contributed by atoms with van der Waals surface area (Å²) in [6.45, 7) is 0.392. The fourth-order valence-corrected chi connectivity index (χ4v) is 2.54. The molecule has 6 nitrogen and oxygen atoms in total. The van der Waals surface area contributed by atoms with E-state index in [1.807, 2.05) is 24.3 Å². The summed E-state index contributed by atoms with van der Waals surface area (Å²) >= 11 is 0. The van der Waals surface area contributed by atoms with Crippen LogP contribution in [0, 0.1) is 0 Å². The lowest BCUT2D eigenvalue weighted by atomic mass is 10.1. The van der Waals surface area contributed by atoms with Gasteiger partial charge in [-0.05, 0) is 29.8 Å². The van der Waals surface area contributed by atoms with E-state index in [-0.39, 0.29) is 11.9 Å². The van der Waals surface area contributed by atoms with E-state index in [0.29, 0.717) is 36.0 Å². The first-order valence-electron chi connectivity index (χ1n) is 7.85. The summed E-state index contributed by atoms with van der Waals surface area (Å²) in [5.41, 5.74) is 0.892. The lowest BCUT2D eigenvalue weighted by molar-refractivity contribution is 0.0791. The second kappa shape index (κ2) is 9.03. The van der Waals surface area contributed by atoms with Gasteiger partial charge < -0.3 is 28.8 Å². The van der Waals surface area contributed by atoms with Crippen LogP contribution in [0.25, 0.3) is 0 Å². The monoisotopic (exact) mass is 348 g/mol. The molecule has 0 radical (unpaired) electrons. The zero-order chi connectivity index (χ0) is 18.2. The number of phenols is 1. The van der Waals surface area contributed by atoms with E-state index in [2.05, 4.69) is 0 Å². The highest BCUT2D eigenvalue weighted by Crippen LogP contribution is 2.37. The van der Waals surface area contributed by atoms with Crippen LogP contribution in [-0.4, -0.2) is 46.3 Å². The van der Waals surface area contributed by atoms with E-state index in [0.717, 1.165) is 5.56 Å². The maximum Gasteiger partial charge on any atom is 0.200 e. The largest absolute Gasteiger partial charge is 0.502 e. The molecule has 0 spiro atoms. The zero-order valence-electron chi connectivity index (χ0n) is 14.9. The van der Waals surface area contributed by atoms with Crippen molar-refractivity contribution in [2.75, 3.05) is 35.0 Å². The number of ether oxygens (including phenoxy) is 5. The molecule has 1 atom stereocenters. The number of para-hydroxylation sites is 2. The Morgan fingerprint density at radius 3 is 1.92 bits per heavy atom. The minimum atomic E-state index is -0.250. The summed E-state index contributed by atoms with van der Waals surface area (Å²) in [5.74, 6) is 1.97. The van der Waals surface area contributed by atoms with Gasteiger partial charge in [-0.25, -0.2) is 0 Å². The Kier molecular flexibility index (Phi) is 6.77. The number of hydrogen-bond donors (Lipinski definition) is 1. The quantitative estimate of drug-likeness (QED) is 0.751. The minimum Gasteiger partial charge on any atom is -0.502 e. The highest BCUT2D eigenvalue weighted by molar-refractivity contribution is 5.53. The summed E-state index contributed by atoms with van der Waals surface area (Å²) in [4.78, 5) is 0. The predicted octanol–water partition coefficient (Wildman–Crippen LogP) is 3.05. The lowest BCUT2D eigenvalue weighted by Crippen LogP contribution is -2.25. The van der Waals surface area contributed by atoms with E-state index in [1.165, 1.54) is 14.2 Å². The Bertz CT molecular complexity index is 660. The molecule has 0 saturated carbocycles. The average Bonchev–Trinajstić information content (AvgIpc) is 2.63. The standard InChI is InChI=1S/C19H24O6/c1-21-12-14(25-16-8-6-5-7-15(16)22-2)9-13-10-17(23-3)19(20)18(11-13)24-4/h5-8,10-11,14,20H,9,12H2,1-4H3. The second-order valence-electron chi connectivity index (χ2n) is 5.40. The van der Waals surface area contributed by atoms with Crippen LogP contribution in [0.3, 0.4) is 0 Å². The third kappa shape index (κ3) is 4.70. The summed E-state index contributed by atoms with van der Waals surface area (Å²) in [6.07, 6.45) is 0.291. The van der Waals surface area contributed by atoms with Gasteiger partial charge in [-0.2, -0.15) is 0 Å². The van der Waals surface area contributed by atoms with Gasteiger partial charge in [0.15, 0.2) is 23.0 Å². The Morgan fingerprint density at radius 1 is 0.840 bits per heavy atom. The van der Waals surface area contributed by atoms with Crippen molar-refractivity contribution in [1.82, 2.24) is 0 Å². The van der Waals surface area contributed by atoms with Crippen molar-refractivity contribution < 1.29 is 28.8 Å². The summed E-state index contributed by atoms with van der Waals surface area (Å²) < 4.78 is 27.1. The molecular weight excluding hydrogens is 324 g/mol. The topological polar surface area (TPSA) is 66.4 Å². The molecule has 2 rings (SSSR count). The first-order chi connectivity index (χ1) is 12.1. The second-order valence-corrected chi connectivity index (χ2v) is 5.40. The smallest absolute Gasteiger partial charge is 0.200 e. The molecule has 2 aromatic carbocycles. The Labute approximate surface area is 147 Å². The molecule has 0 fully saturated rings. The summed E-state index contributed by atoms with van der Waals surface area (Å²) in [5, 5.41) is 10.0. The average molecular weight is 348 g/mol. The van der Waals surface area contributed by atoms with Gasteiger partial charge in [-0.15, -0.1) is 0 Å². The number of phenolic OH excluding ortho intramolecular Hbond substituents is 1. The van der Waals surface area contributed by atoms with E-state index in [9.17, 15) is 5.11 Å². The minimum absolute atomic E-state index is 0.0253. The van der Waals surface area contributed by atoms with Crippen LogP contribution in [0.15, 0.2) is 36.4 Å². The van der Waals surface area contributed by atoms with E-state index >= 15 is 0 Å². The molecule has 2 aromatic rings. The fraction of sp³-hybridized carbons (Fsp3) is 0.368. The Balaban J connectivity index is 2.24. The molecule has 25 heavy (non-hydrogen) atoms. The van der Waals surface area contributed by atoms with Gasteiger partial charge in [0.1, 0.15) is 6.10 Å². The van der Waals surface area contributed by atoms with Gasteiger partial charge in [-0.1, -0.05) is 12.1 Å². The van der Waals surface area contributed by atoms with Gasteiger partial charge in [0.2, 0.25) is 5.75 Å². The number of hydrogen-bond acceptors (Lipinski definition) is 6. The molecule has 0 heterocycles. The SMILES string of the molecule is COCC(Cc1cc(OC)c(O)c(OC)c1)Oc1ccccc1OC. The van der Waals surface area contributed by atoms with Crippen molar-refractivity contribution in [3.8, 4) is 28.7 Å². The van der Waals surface area contributed by atoms with Crippen LogP contribution < -0.4 is 18.9 Å². The highest BCUT2D eigenvalue weighted by Gasteiger charge is 2.18.